The Morgan fingerprint density at radius 2 is 2.31 bits per heavy atom. The molecular formula is C12H13FN2S. The van der Waals surface area contributed by atoms with Gasteiger partial charge in [-0.25, -0.2) is 4.39 Å². The van der Waals surface area contributed by atoms with Crippen molar-refractivity contribution < 1.29 is 4.39 Å². The Hall–Kier alpha value is -1.21. The van der Waals surface area contributed by atoms with Gasteiger partial charge in [0, 0.05) is 29.8 Å². The van der Waals surface area contributed by atoms with Gasteiger partial charge in [-0.15, -0.1) is 0 Å². The molecule has 1 heterocycles. The van der Waals surface area contributed by atoms with E-state index in [0.717, 1.165) is 24.5 Å². The highest BCUT2D eigenvalue weighted by molar-refractivity contribution is 8.00. The zero-order valence-corrected chi connectivity index (χ0v) is 9.93. The first kappa shape index (κ1) is 11.3. The molecule has 0 N–H and O–H groups in total. The third kappa shape index (κ3) is 2.48. The Labute approximate surface area is 99.1 Å². The van der Waals surface area contributed by atoms with Gasteiger partial charge in [-0.05, 0) is 18.2 Å². The largest absolute Gasteiger partial charge is 0.369 e. The summed E-state index contributed by atoms with van der Waals surface area (Å²) in [5, 5.41) is 9.36. The summed E-state index contributed by atoms with van der Waals surface area (Å²) >= 11 is 1.93. The maximum atomic E-state index is 13.3. The van der Waals surface area contributed by atoms with E-state index in [2.05, 4.69) is 11.8 Å². The third-order valence-corrected chi connectivity index (χ3v) is 3.75. The number of nitriles is 1. The van der Waals surface area contributed by atoms with Crippen LogP contribution in [0.15, 0.2) is 18.2 Å². The van der Waals surface area contributed by atoms with Crippen molar-refractivity contribution in [3.63, 3.8) is 0 Å². The second-order valence-corrected chi connectivity index (χ2v) is 5.48. The molecule has 2 rings (SSSR count). The van der Waals surface area contributed by atoms with E-state index in [1.54, 1.807) is 6.07 Å². The monoisotopic (exact) mass is 236 g/mol. The van der Waals surface area contributed by atoms with Crippen LogP contribution in [0.4, 0.5) is 10.1 Å². The Balaban J connectivity index is 2.26. The third-order valence-electron chi connectivity index (χ3n) is 2.62. The zero-order valence-electron chi connectivity index (χ0n) is 9.11. The number of nitrogens with zero attached hydrogens (tertiary/aromatic N) is 2. The van der Waals surface area contributed by atoms with Crippen LogP contribution in [0.3, 0.4) is 0 Å². The second kappa shape index (κ2) is 4.75. The van der Waals surface area contributed by atoms with Crippen LogP contribution in [-0.2, 0) is 0 Å². The highest BCUT2D eigenvalue weighted by atomic mass is 32.2. The van der Waals surface area contributed by atoms with Crippen molar-refractivity contribution >= 4 is 17.4 Å². The Morgan fingerprint density at radius 3 is 3.00 bits per heavy atom. The highest BCUT2D eigenvalue weighted by Crippen LogP contribution is 2.25. The molecule has 16 heavy (non-hydrogen) atoms. The molecule has 4 heteroatoms. The number of rotatable bonds is 1. The normalized spacial score (nSPS) is 20.6. The lowest BCUT2D eigenvalue weighted by Gasteiger charge is -2.32. The molecule has 0 amide bonds. The van der Waals surface area contributed by atoms with E-state index in [4.69, 9.17) is 5.26 Å². The second-order valence-electron chi connectivity index (χ2n) is 3.94. The van der Waals surface area contributed by atoms with Gasteiger partial charge in [0.25, 0.3) is 0 Å². The average molecular weight is 236 g/mol. The van der Waals surface area contributed by atoms with E-state index < -0.39 is 0 Å². The summed E-state index contributed by atoms with van der Waals surface area (Å²) in [6.45, 7) is 4.00. The van der Waals surface area contributed by atoms with Crippen molar-refractivity contribution in [2.45, 2.75) is 12.2 Å². The van der Waals surface area contributed by atoms with E-state index in [0.29, 0.717) is 10.8 Å². The number of hydrogen-bond acceptors (Lipinski definition) is 3. The van der Waals surface area contributed by atoms with Gasteiger partial charge in [0.05, 0.1) is 11.6 Å². The fraction of sp³-hybridized carbons (Fsp3) is 0.417. The first-order chi connectivity index (χ1) is 7.69. The fourth-order valence-corrected chi connectivity index (χ4v) is 2.89. The Kier molecular flexibility index (Phi) is 3.35. The van der Waals surface area contributed by atoms with Gasteiger partial charge in [-0.2, -0.15) is 17.0 Å². The van der Waals surface area contributed by atoms with Crippen molar-refractivity contribution in [1.29, 1.82) is 5.26 Å². The van der Waals surface area contributed by atoms with E-state index in [1.807, 2.05) is 17.8 Å². The van der Waals surface area contributed by atoms with Crippen LogP contribution in [0.25, 0.3) is 0 Å². The van der Waals surface area contributed by atoms with E-state index >= 15 is 0 Å². The van der Waals surface area contributed by atoms with Crippen LogP contribution >= 0.6 is 11.8 Å². The van der Waals surface area contributed by atoms with Gasteiger partial charge in [0.1, 0.15) is 5.82 Å². The van der Waals surface area contributed by atoms with Gasteiger partial charge in [-0.3, -0.25) is 0 Å². The van der Waals surface area contributed by atoms with Crippen LogP contribution in [0, 0.1) is 17.1 Å². The summed E-state index contributed by atoms with van der Waals surface area (Å²) in [7, 11) is 0. The smallest absolute Gasteiger partial charge is 0.126 e. The predicted octanol–water partition coefficient (Wildman–Crippen LogP) is 2.64. The van der Waals surface area contributed by atoms with Gasteiger partial charge in [0.15, 0.2) is 0 Å². The van der Waals surface area contributed by atoms with Crippen molar-refractivity contribution in [2.24, 2.45) is 0 Å². The van der Waals surface area contributed by atoms with Gasteiger partial charge in [0.2, 0.25) is 0 Å². The summed E-state index contributed by atoms with van der Waals surface area (Å²) < 4.78 is 13.3. The summed E-state index contributed by atoms with van der Waals surface area (Å²) in [6, 6.07) is 6.52. The number of benzene rings is 1. The van der Waals surface area contributed by atoms with E-state index in [-0.39, 0.29) is 5.82 Å². The van der Waals surface area contributed by atoms with Crippen molar-refractivity contribution in [2.75, 3.05) is 23.7 Å². The van der Waals surface area contributed by atoms with Crippen molar-refractivity contribution in [3.8, 4) is 6.07 Å². The van der Waals surface area contributed by atoms with Crippen molar-refractivity contribution in [1.82, 2.24) is 0 Å². The zero-order chi connectivity index (χ0) is 11.5. The molecular weight excluding hydrogens is 223 g/mol. The van der Waals surface area contributed by atoms with Crippen molar-refractivity contribution in [3.05, 3.63) is 29.6 Å². The lowest BCUT2D eigenvalue weighted by molar-refractivity contribution is 0.625. The molecule has 1 fully saturated rings. The molecule has 1 aliphatic rings. The molecule has 0 spiro atoms. The van der Waals surface area contributed by atoms with Crippen LogP contribution in [0.1, 0.15) is 12.5 Å². The first-order valence-electron chi connectivity index (χ1n) is 5.26. The topological polar surface area (TPSA) is 27.0 Å². The lowest BCUT2D eigenvalue weighted by atomic mass is 10.2. The molecule has 1 saturated heterocycles. The van der Waals surface area contributed by atoms with Gasteiger partial charge >= 0.3 is 0 Å². The summed E-state index contributed by atoms with van der Waals surface area (Å²) in [4.78, 5) is 2.14. The highest BCUT2D eigenvalue weighted by Gasteiger charge is 2.17. The first-order valence-corrected chi connectivity index (χ1v) is 6.31. The summed E-state index contributed by atoms with van der Waals surface area (Å²) in [6.07, 6.45) is 0. The number of thioether (sulfide) groups is 1. The molecule has 0 bridgehead atoms. The van der Waals surface area contributed by atoms with E-state index in [1.165, 1.54) is 12.1 Å². The number of hydrogen-bond donors (Lipinski definition) is 0. The molecule has 1 atom stereocenters. The molecule has 1 aromatic rings. The molecule has 0 aliphatic carbocycles. The predicted molar refractivity (Wildman–Crippen MR) is 65.2 cm³/mol. The molecule has 2 nitrogen and oxygen atoms in total. The summed E-state index contributed by atoms with van der Waals surface area (Å²) in [5.41, 5.74) is 1.21. The van der Waals surface area contributed by atoms with E-state index in [9.17, 15) is 4.39 Å². The minimum Gasteiger partial charge on any atom is -0.369 e. The maximum Gasteiger partial charge on any atom is 0.126 e. The van der Waals surface area contributed by atoms with Crippen LogP contribution < -0.4 is 4.90 Å². The van der Waals surface area contributed by atoms with Crippen LogP contribution in [0.5, 0.6) is 0 Å². The number of anilines is 1. The Bertz CT molecular complexity index is 428. The minimum atomic E-state index is -0.333. The quantitative estimate of drug-likeness (QED) is 0.750. The molecule has 0 aromatic heterocycles. The Morgan fingerprint density at radius 1 is 1.50 bits per heavy atom. The molecule has 84 valence electrons. The van der Waals surface area contributed by atoms with Gasteiger partial charge in [-0.1, -0.05) is 6.92 Å². The number of halogens is 1. The molecule has 1 aromatic carbocycles. The molecule has 1 aliphatic heterocycles. The average Bonchev–Trinajstić information content (AvgIpc) is 2.28. The van der Waals surface area contributed by atoms with Crippen LogP contribution in [-0.4, -0.2) is 24.1 Å². The minimum absolute atomic E-state index is 0.333. The summed E-state index contributed by atoms with van der Waals surface area (Å²) in [5.74, 6) is 0.722. The SMILES string of the molecule is CC1CN(c2cc(F)cc(C#N)c2)CCS1. The molecule has 0 radical (unpaired) electrons. The van der Waals surface area contributed by atoms with Crippen LogP contribution in [0.2, 0.25) is 0 Å². The molecule has 0 saturated carbocycles. The standard InChI is InChI=1S/C12H13FN2S/c1-9-8-15(2-3-16-9)12-5-10(7-14)4-11(13)6-12/h4-6,9H,2-3,8H2,1H3. The fourth-order valence-electron chi connectivity index (χ4n) is 1.87. The molecule has 1 unspecified atom stereocenters. The lowest BCUT2D eigenvalue weighted by Crippen LogP contribution is -2.36. The van der Waals surface area contributed by atoms with Gasteiger partial charge < -0.3 is 4.90 Å². The maximum absolute atomic E-state index is 13.3.